The van der Waals surface area contributed by atoms with Crippen molar-refractivity contribution in [2.24, 2.45) is 0 Å². The van der Waals surface area contributed by atoms with Crippen molar-refractivity contribution in [2.45, 2.75) is 13.0 Å². The van der Waals surface area contributed by atoms with Gasteiger partial charge in [-0.2, -0.15) is 0 Å². The fourth-order valence-corrected chi connectivity index (χ4v) is 3.47. The molecule has 0 unspecified atom stereocenters. The summed E-state index contributed by atoms with van der Waals surface area (Å²) in [5, 5.41) is 3.81. The van der Waals surface area contributed by atoms with Gasteiger partial charge in [-0.3, -0.25) is 4.79 Å². The zero-order valence-corrected chi connectivity index (χ0v) is 18.0. The van der Waals surface area contributed by atoms with Crippen LogP contribution >= 0.6 is 23.2 Å². The Labute approximate surface area is 190 Å². The van der Waals surface area contributed by atoms with Gasteiger partial charge in [0, 0.05) is 17.0 Å². The lowest BCUT2D eigenvalue weighted by molar-refractivity contribution is 0.0995. The SMILES string of the molecule is O=C(Nc1ccccc1Cl)c1ccc(Cc2cc(Cl)ccc2OCc2ccccc2)o1. The first kappa shape index (κ1) is 21.0. The van der Waals surface area contributed by atoms with Crippen LogP contribution in [0.15, 0.2) is 89.3 Å². The average Bonchev–Trinajstić information content (AvgIpc) is 3.24. The molecule has 0 bridgehead atoms. The predicted octanol–water partition coefficient (Wildman–Crippen LogP) is 7.01. The number of amides is 1. The smallest absolute Gasteiger partial charge is 0.291 e. The van der Waals surface area contributed by atoms with Crippen molar-refractivity contribution in [3.8, 4) is 5.75 Å². The highest BCUT2D eigenvalue weighted by Crippen LogP contribution is 2.27. The summed E-state index contributed by atoms with van der Waals surface area (Å²) in [5.41, 5.74) is 2.47. The van der Waals surface area contributed by atoms with Crippen LogP contribution in [0.4, 0.5) is 5.69 Å². The van der Waals surface area contributed by atoms with Crippen LogP contribution in [0.3, 0.4) is 0 Å². The van der Waals surface area contributed by atoms with Gasteiger partial charge < -0.3 is 14.5 Å². The number of anilines is 1. The van der Waals surface area contributed by atoms with E-state index in [1.807, 2.05) is 42.5 Å². The van der Waals surface area contributed by atoms with E-state index in [9.17, 15) is 4.79 Å². The van der Waals surface area contributed by atoms with Crippen LogP contribution < -0.4 is 10.1 Å². The van der Waals surface area contributed by atoms with E-state index in [1.54, 1.807) is 42.5 Å². The highest BCUT2D eigenvalue weighted by Gasteiger charge is 2.15. The van der Waals surface area contributed by atoms with E-state index in [2.05, 4.69) is 5.32 Å². The number of hydrogen-bond donors (Lipinski definition) is 1. The number of hydrogen-bond acceptors (Lipinski definition) is 3. The molecule has 0 aliphatic carbocycles. The number of nitrogens with one attached hydrogen (secondary N) is 1. The molecule has 0 saturated carbocycles. The highest BCUT2D eigenvalue weighted by atomic mass is 35.5. The molecule has 1 N–H and O–H groups in total. The van der Waals surface area contributed by atoms with Crippen LogP contribution in [0, 0.1) is 0 Å². The molecule has 0 atom stereocenters. The molecule has 1 heterocycles. The molecular weight excluding hydrogens is 433 g/mol. The molecule has 156 valence electrons. The number of rotatable bonds is 7. The fourth-order valence-electron chi connectivity index (χ4n) is 3.09. The predicted molar refractivity (Wildman–Crippen MR) is 123 cm³/mol. The van der Waals surface area contributed by atoms with Crippen LogP contribution in [-0.4, -0.2) is 5.91 Å². The Bertz CT molecular complexity index is 1190. The molecule has 0 aliphatic heterocycles. The summed E-state index contributed by atoms with van der Waals surface area (Å²) in [6.07, 6.45) is 0.435. The molecule has 0 aliphatic rings. The Balaban J connectivity index is 1.47. The molecule has 4 aromatic rings. The summed E-state index contributed by atoms with van der Waals surface area (Å²) in [6.45, 7) is 0.444. The largest absolute Gasteiger partial charge is 0.489 e. The lowest BCUT2D eigenvalue weighted by Gasteiger charge is -2.11. The molecule has 6 heteroatoms. The van der Waals surface area contributed by atoms with E-state index < -0.39 is 0 Å². The summed E-state index contributed by atoms with van der Waals surface area (Å²) >= 11 is 12.3. The number of ether oxygens (including phenoxy) is 1. The van der Waals surface area contributed by atoms with E-state index in [0.29, 0.717) is 40.3 Å². The van der Waals surface area contributed by atoms with E-state index >= 15 is 0 Å². The van der Waals surface area contributed by atoms with Crippen molar-refractivity contribution in [1.29, 1.82) is 0 Å². The third-order valence-corrected chi connectivity index (χ3v) is 5.20. The van der Waals surface area contributed by atoms with Crippen LogP contribution in [0.1, 0.15) is 27.4 Å². The van der Waals surface area contributed by atoms with E-state index in [0.717, 1.165) is 11.1 Å². The third-order valence-electron chi connectivity index (χ3n) is 4.63. The second-order valence-electron chi connectivity index (χ2n) is 6.90. The highest BCUT2D eigenvalue weighted by molar-refractivity contribution is 6.33. The second kappa shape index (κ2) is 9.73. The minimum atomic E-state index is -0.369. The third kappa shape index (κ3) is 5.48. The molecular formula is C25H19Cl2NO3. The van der Waals surface area contributed by atoms with Gasteiger partial charge in [0.25, 0.3) is 5.91 Å². The number of carbonyl (C=O) groups excluding carboxylic acids is 1. The first-order valence-corrected chi connectivity index (χ1v) is 10.4. The first-order chi connectivity index (χ1) is 15.1. The fraction of sp³-hybridized carbons (Fsp3) is 0.0800. The zero-order valence-electron chi connectivity index (χ0n) is 16.5. The molecule has 4 rings (SSSR count). The van der Waals surface area contributed by atoms with Gasteiger partial charge in [0.1, 0.15) is 18.1 Å². The molecule has 0 spiro atoms. The normalized spacial score (nSPS) is 10.6. The monoisotopic (exact) mass is 451 g/mol. The summed E-state index contributed by atoms with van der Waals surface area (Å²) in [7, 11) is 0. The molecule has 1 amide bonds. The Morgan fingerprint density at radius 3 is 2.48 bits per heavy atom. The molecule has 3 aromatic carbocycles. The van der Waals surface area contributed by atoms with Crippen molar-refractivity contribution in [3.63, 3.8) is 0 Å². The number of halogens is 2. The van der Waals surface area contributed by atoms with Crippen LogP contribution in [0.5, 0.6) is 5.75 Å². The molecule has 0 fully saturated rings. The Morgan fingerprint density at radius 1 is 0.903 bits per heavy atom. The lowest BCUT2D eigenvalue weighted by atomic mass is 10.1. The van der Waals surface area contributed by atoms with Gasteiger partial charge in [-0.05, 0) is 48.0 Å². The second-order valence-corrected chi connectivity index (χ2v) is 7.75. The molecule has 1 aromatic heterocycles. The maximum atomic E-state index is 12.5. The summed E-state index contributed by atoms with van der Waals surface area (Å²) in [5.74, 6) is 1.16. The average molecular weight is 452 g/mol. The summed E-state index contributed by atoms with van der Waals surface area (Å²) < 4.78 is 11.8. The summed E-state index contributed by atoms with van der Waals surface area (Å²) in [4.78, 5) is 12.5. The maximum Gasteiger partial charge on any atom is 0.291 e. The number of para-hydroxylation sites is 1. The van der Waals surface area contributed by atoms with Gasteiger partial charge in [-0.15, -0.1) is 0 Å². The molecule has 0 radical (unpaired) electrons. The van der Waals surface area contributed by atoms with E-state index in [-0.39, 0.29) is 11.7 Å². The van der Waals surface area contributed by atoms with Gasteiger partial charge in [0.2, 0.25) is 0 Å². The Hall–Kier alpha value is -3.21. The van der Waals surface area contributed by atoms with Crippen LogP contribution in [-0.2, 0) is 13.0 Å². The molecule has 4 nitrogen and oxygen atoms in total. The van der Waals surface area contributed by atoms with Crippen molar-refractivity contribution in [2.75, 3.05) is 5.32 Å². The Morgan fingerprint density at radius 2 is 1.68 bits per heavy atom. The van der Waals surface area contributed by atoms with E-state index in [1.165, 1.54) is 0 Å². The van der Waals surface area contributed by atoms with Crippen molar-refractivity contribution in [3.05, 3.63) is 118 Å². The van der Waals surface area contributed by atoms with Crippen LogP contribution in [0.2, 0.25) is 10.0 Å². The van der Waals surface area contributed by atoms with Gasteiger partial charge in [-0.1, -0.05) is 65.7 Å². The number of furan rings is 1. The minimum absolute atomic E-state index is 0.198. The standard InChI is InChI=1S/C25H19Cl2NO3/c26-19-10-12-23(30-16-17-6-2-1-3-7-17)18(14-19)15-20-11-13-24(31-20)25(29)28-22-9-5-4-8-21(22)27/h1-14H,15-16H2,(H,28,29). The topological polar surface area (TPSA) is 51.5 Å². The molecule has 31 heavy (non-hydrogen) atoms. The van der Waals surface area contributed by atoms with Gasteiger partial charge >= 0.3 is 0 Å². The number of benzene rings is 3. The van der Waals surface area contributed by atoms with Gasteiger partial charge in [0.15, 0.2) is 5.76 Å². The van der Waals surface area contributed by atoms with E-state index in [4.69, 9.17) is 32.4 Å². The first-order valence-electron chi connectivity index (χ1n) is 9.68. The van der Waals surface area contributed by atoms with Crippen LogP contribution in [0.25, 0.3) is 0 Å². The van der Waals surface area contributed by atoms with Crippen molar-refractivity contribution in [1.82, 2.24) is 0 Å². The van der Waals surface area contributed by atoms with Crippen molar-refractivity contribution < 1.29 is 13.9 Å². The number of carbonyl (C=O) groups is 1. The van der Waals surface area contributed by atoms with Gasteiger partial charge in [-0.25, -0.2) is 0 Å². The van der Waals surface area contributed by atoms with Crippen molar-refractivity contribution >= 4 is 34.8 Å². The quantitative estimate of drug-likeness (QED) is 0.328. The zero-order chi connectivity index (χ0) is 21.6. The Kier molecular flexibility index (Phi) is 6.60. The molecule has 0 saturated heterocycles. The summed E-state index contributed by atoms with van der Waals surface area (Å²) in [6, 6.07) is 25.8. The van der Waals surface area contributed by atoms with Gasteiger partial charge in [0.05, 0.1) is 10.7 Å². The minimum Gasteiger partial charge on any atom is -0.489 e. The maximum absolute atomic E-state index is 12.5. The lowest BCUT2D eigenvalue weighted by Crippen LogP contribution is -2.11.